The van der Waals surface area contributed by atoms with Gasteiger partial charge in [-0.1, -0.05) is 87.9 Å². The van der Waals surface area contributed by atoms with Crippen molar-refractivity contribution in [1.29, 1.82) is 0 Å². The van der Waals surface area contributed by atoms with Crippen LogP contribution < -0.4 is 29.8 Å². The van der Waals surface area contributed by atoms with Gasteiger partial charge in [0.1, 0.15) is 0 Å². The van der Waals surface area contributed by atoms with Crippen molar-refractivity contribution in [3.05, 3.63) is 114 Å². The topological polar surface area (TPSA) is 88.4 Å². The van der Waals surface area contributed by atoms with Crippen LogP contribution in [0.2, 0.25) is 0 Å². The molecular formula is C28H22BrN5O4S. The van der Waals surface area contributed by atoms with Crippen molar-refractivity contribution in [1.82, 2.24) is 14.5 Å². The van der Waals surface area contributed by atoms with Crippen molar-refractivity contribution in [3.8, 4) is 11.5 Å². The maximum absolute atomic E-state index is 13.9. The molecule has 2 amide bonds. The summed E-state index contributed by atoms with van der Waals surface area (Å²) in [7, 11) is 3.48. The third kappa shape index (κ3) is 3.14. The van der Waals surface area contributed by atoms with Crippen molar-refractivity contribution in [2.75, 3.05) is 26.3 Å². The predicted octanol–water partition coefficient (Wildman–Crippen LogP) is 3.11. The van der Waals surface area contributed by atoms with E-state index >= 15 is 0 Å². The summed E-state index contributed by atoms with van der Waals surface area (Å²) in [6.07, 6.45) is 1.81. The number of fused-ring (bicyclic) bond motifs is 3. The molecule has 0 bridgehead atoms. The number of nitrogens with one attached hydrogen (secondary N) is 1. The summed E-state index contributed by atoms with van der Waals surface area (Å²) in [4.78, 5) is 36.5. The number of urea groups is 1. The largest absolute Gasteiger partial charge is 0.454 e. The lowest BCUT2D eigenvalue weighted by molar-refractivity contribution is 0.0648. The molecule has 1 fully saturated rings. The molecule has 0 radical (unpaired) electrons. The summed E-state index contributed by atoms with van der Waals surface area (Å²) in [5, 5.41) is 0. The van der Waals surface area contributed by atoms with Gasteiger partial charge in [-0.25, -0.2) is 9.79 Å². The molecule has 4 heterocycles. The second-order valence-electron chi connectivity index (χ2n) is 9.50. The highest BCUT2D eigenvalue weighted by atomic mass is 79.9. The number of nitrogens with zero attached hydrogens (tertiary/aromatic N) is 4. The molecule has 0 aliphatic carbocycles. The number of hydrogen-bond donors (Lipinski definition) is 1. The molecule has 1 saturated heterocycles. The molecular weight excluding hydrogens is 582 g/mol. The van der Waals surface area contributed by atoms with Gasteiger partial charge in [0.15, 0.2) is 11.5 Å². The van der Waals surface area contributed by atoms with Gasteiger partial charge in [0.25, 0.3) is 5.56 Å². The van der Waals surface area contributed by atoms with Crippen molar-refractivity contribution in [2.24, 2.45) is 4.99 Å². The van der Waals surface area contributed by atoms with Gasteiger partial charge < -0.3 is 9.47 Å². The molecule has 3 aliphatic rings. The first-order valence-corrected chi connectivity index (χ1v) is 13.8. The molecule has 7 rings (SSSR count). The number of amides is 2. The Balaban J connectivity index is 1.53. The van der Waals surface area contributed by atoms with Crippen LogP contribution in [0.5, 0.6) is 11.5 Å². The lowest BCUT2D eigenvalue weighted by atomic mass is 9.80. The van der Waals surface area contributed by atoms with E-state index < -0.39 is 11.3 Å². The Hall–Kier alpha value is -4.09. The fourth-order valence-corrected chi connectivity index (χ4v) is 7.10. The van der Waals surface area contributed by atoms with E-state index in [1.54, 1.807) is 30.0 Å². The Morgan fingerprint density at radius 3 is 2.28 bits per heavy atom. The second-order valence-corrected chi connectivity index (χ2v) is 11.4. The number of carbonyl (C=O) groups is 1. The van der Waals surface area contributed by atoms with E-state index in [1.807, 2.05) is 72.8 Å². The number of likely N-dealkylation sites (N-methyl/N-ethyl adjacent to an activating group) is 2. The third-order valence-corrected chi connectivity index (χ3v) is 9.21. The number of aromatic nitrogens is 1. The highest BCUT2D eigenvalue weighted by Gasteiger charge is 2.69. The summed E-state index contributed by atoms with van der Waals surface area (Å²) in [5.41, 5.74) is 3.19. The zero-order valence-corrected chi connectivity index (χ0v) is 23.3. The Kier molecular flexibility index (Phi) is 5.20. The van der Waals surface area contributed by atoms with Gasteiger partial charge >= 0.3 is 6.03 Å². The number of ether oxygens (including phenoxy) is 2. The van der Waals surface area contributed by atoms with Gasteiger partial charge in [-0.3, -0.25) is 20.0 Å². The maximum Gasteiger partial charge on any atom is 0.324 e. The summed E-state index contributed by atoms with van der Waals surface area (Å²) in [6.45, 7) is 0.160. The first kappa shape index (κ1) is 24.0. The molecule has 2 atom stereocenters. The van der Waals surface area contributed by atoms with Gasteiger partial charge in [-0.15, -0.1) is 0 Å². The molecule has 0 saturated carbocycles. The average Bonchev–Trinajstić information content (AvgIpc) is 3.58. The first-order chi connectivity index (χ1) is 18.9. The van der Waals surface area contributed by atoms with Crippen LogP contribution in [-0.2, 0) is 11.3 Å². The zero-order chi connectivity index (χ0) is 26.9. The number of carbonyl (C=O) groups excluding carboxylic acids is 1. The molecule has 3 aromatic carbocycles. The lowest BCUT2D eigenvalue weighted by Gasteiger charge is -2.49. The van der Waals surface area contributed by atoms with Crippen molar-refractivity contribution < 1.29 is 14.3 Å². The van der Waals surface area contributed by atoms with Gasteiger partial charge in [-0.2, -0.15) is 4.68 Å². The number of halogens is 1. The fourth-order valence-electron chi connectivity index (χ4n) is 5.70. The molecule has 4 aromatic rings. The fraction of sp³-hybridized carbons (Fsp3) is 0.179. The van der Waals surface area contributed by atoms with E-state index in [1.165, 1.54) is 16.0 Å². The summed E-state index contributed by atoms with van der Waals surface area (Å²) < 4.78 is 13.7. The molecule has 3 aliphatic heterocycles. The quantitative estimate of drug-likeness (QED) is 0.389. The lowest BCUT2D eigenvalue weighted by Crippen LogP contribution is -2.67. The van der Waals surface area contributed by atoms with Gasteiger partial charge in [0.05, 0.1) is 4.53 Å². The smallest absolute Gasteiger partial charge is 0.324 e. The summed E-state index contributed by atoms with van der Waals surface area (Å²) in [5.74, 6) is 1.27. The van der Waals surface area contributed by atoms with Crippen molar-refractivity contribution in [3.63, 3.8) is 0 Å². The molecule has 1 N–H and O–H groups in total. The van der Waals surface area contributed by atoms with Gasteiger partial charge in [0, 0.05) is 29.7 Å². The highest BCUT2D eigenvalue weighted by Crippen LogP contribution is 2.53. The predicted molar refractivity (Wildman–Crippen MR) is 150 cm³/mol. The van der Waals surface area contributed by atoms with Crippen LogP contribution in [0.4, 0.5) is 4.79 Å². The highest BCUT2D eigenvalue weighted by molar-refractivity contribution is 9.10. The third-order valence-electron chi connectivity index (χ3n) is 7.55. The molecule has 9 nitrogen and oxygen atoms in total. The Labute approximate surface area is 235 Å². The van der Waals surface area contributed by atoms with Crippen molar-refractivity contribution >= 4 is 39.4 Å². The van der Waals surface area contributed by atoms with Crippen molar-refractivity contribution in [2.45, 2.75) is 11.3 Å². The van der Waals surface area contributed by atoms with Gasteiger partial charge in [-0.05, 0) is 23.8 Å². The number of thiazole rings is 1. The van der Waals surface area contributed by atoms with Crippen LogP contribution >= 0.6 is 27.3 Å². The van der Waals surface area contributed by atoms with Crippen LogP contribution in [0.25, 0.3) is 6.08 Å². The Morgan fingerprint density at radius 1 is 0.949 bits per heavy atom. The Morgan fingerprint density at radius 2 is 1.59 bits per heavy atom. The van der Waals surface area contributed by atoms with E-state index in [4.69, 9.17) is 14.5 Å². The number of hydrogen-bond acceptors (Lipinski definition) is 7. The minimum absolute atomic E-state index is 0.160. The monoisotopic (exact) mass is 603 g/mol. The first-order valence-electron chi connectivity index (χ1n) is 12.2. The minimum atomic E-state index is -1.21. The van der Waals surface area contributed by atoms with E-state index in [-0.39, 0.29) is 18.4 Å². The Bertz CT molecular complexity index is 1830. The van der Waals surface area contributed by atoms with E-state index in [0.29, 0.717) is 20.8 Å². The SMILES string of the molecule is CN1C(=O)N(C)[C@@]2(c3ccccc3)Nn3c(s/c(=C\c4cc5c(cc4Br)OCO5)c3=O)=N[C@]12c1ccccc1. The van der Waals surface area contributed by atoms with Crippen LogP contribution in [-0.4, -0.2) is 41.4 Å². The number of rotatable bonds is 3. The molecule has 0 spiro atoms. The number of benzene rings is 3. The van der Waals surface area contributed by atoms with Gasteiger partial charge in [0.2, 0.25) is 22.9 Å². The summed E-state index contributed by atoms with van der Waals surface area (Å²) >= 11 is 4.84. The molecule has 196 valence electrons. The zero-order valence-electron chi connectivity index (χ0n) is 20.9. The maximum atomic E-state index is 13.9. The van der Waals surface area contributed by atoms with E-state index in [9.17, 15) is 9.59 Å². The van der Waals surface area contributed by atoms with E-state index in [0.717, 1.165) is 21.2 Å². The molecule has 39 heavy (non-hydrogen) atoms. The molecule has 0 unspecified atom stereocenters. The normalized spacial score (nSPS) is 23.4. The summed E-state index contributed by atoms with van der Waals surface area (Å²) in [6, 6.07) is 22.8. The van der Waals surface area contributed by atoms with Crippen LogP contribution in [0.15, 0.2) is 87.1 Å². The second kappa shape index (κ2) is 8.45. The van der Waals surface area contributed by atoms with E-state index in [2.05, 4.69) is 21.4 Å². The average molecular weight is 604 g/mol. The molecule has 1 aromatic heterocycles. The van der Waals surface area contributed by atoms with Crippen LogP contribution in [0.1, 0.15) is 16.7 Å². The standard InChI is InChI=1S/C28H22BrN5O4S/c1-32-26(36)33(2)28(19-11-7-4-8-12-19)27(32,18-9-5-3-6-10-18)30-25-34(31-28)24(35)23(39-25)14-17-13-21-22(15-20(17)29)38-16-37-21/h3-15,31H,16H2,1-2H3/b23-14-/t27-,28-/m1/s1. The minimum Gasteiger partial charge on any atom is -0.454 e. The van der Waals surface area contributed by atoms with Crippen LogP contribution in [0.3, 0.4) is 0 Å². The molecule has 11 heteroatoms. The van der Waals surface area contributed by atoms with Crippen LogP contribution in [0, 0.1) is 0 Å².